The van der Waals surface area contributed by atoms with Crippen molar-refractivity contribution in [2.24, 2.45) is 11.7 Å². The number of carbonyl (C=O) groups is 2. The zero-order chi connectivity index (χ0) is 37.1. The molecule has 8 nitrogen and oxygen atoms in total. The summed E-state index contributed by atoms with van der Waals surface area (Å²) in [4.78, 5) is 21.3. The lowest BCUT2D eigenvalue weighted by atomic mass is 9.89. The van der Waals surface area contributed by atoms with Gasteiger partial charge < -0.3 is 29.5 Å². The van der Waals surface area contributed by atoms with Crippen LogP contribution in [0.2, 0.25) is 18.1 Å². The number of ether oxygens (including phenoxy) is 3. The third-order valence-corrected chi connectivity index (χ3v) is 14.6. The molecule has 0 radical (unpaired) electrons. The zero-order valence-electron chi connectivity index (χ0n) is 33.4. The van der Waals surface area contributed by atoms with Crippen LogP contribution in [0, 0.1) is 5.92 Å². The van der Waals surface area contributed by atoms with E-state index in [2.05, 4.69) is 54.6 Å². The third kappa shape index (κ3) is 23.0. The van der Waals surface area contributed by atoms with E-state index < -0.39 is 20.6 Å². The number of ketones is 1. The van der Waals surface area contributed by atoms with E-state index >= 15 is 0 Å². The van der Waals surface area contributed by atoms with Crippen LogP contribution < -0.4 is 5.73 Å². The second-order valence-electron chi connectivity index (χ2n) is 15.7. The van der Waals surface area contributed by atoms with E-state index in [4.69, 9.17) is 29.5 Å². The molecular formula is C40H79NO7Si. The number of Topliss-reactive ketones (excluding diaryl/α,β-unsaturated/α-hetero) is 1. The first kappa shape index (κ1) is 47.7. The van der Waals surface area contributed by atoms with Gasteiger partial charge in [-0.25, -0.2) is 0 Å². The molecule has 1 aliphatic rings. The minimum Gasteiger partial charge on any atom is -0.481 e. The van der Waals surface area contributed by atoms with E-state index in [-0.39, 0.29) is 41.4 Å². The Morgan fingerprint density at radius 3 is 1.80 bits per heavy atom. The Hall–Kier alpha value is -1.26. The number of carbonyl (C=O) groups excluding carboxylic acids is 1. The van der Waals surface area contributed by atoms with E-state index in [0.29, 0.717) is 13.0 Å². The van der Waals surface area contributed by atoms with Gasteiger partial charge in [-0.15, -0.1) is 0 Å². The van der Waals surface area contributed by atoms with Gasteiger partial charge in [0.05, 0.1) is 31.1 Å². The molecule has 5 atom stereocenters. The Balaban J connectivity index is 0.00000114. The number of hydrogen-bond donors (Lipinski definition) is 2. The van der Waals surface area contributed by atoms with Crippen LogP contribution in [0.4, 0.5) is 0 Å². The molecule has 0 aromatic carbocycles. The maximum atomic E-state index is 11.1. The highest BCUT2D eigenvalue weighted by Gasteiger charge is 2.45. The van der Waals surface area contributed by atoms with Crippen LogP contribution in [0.1, 0.15) is 170 Å². The molecule has 0 aliphatic carbocycles. The fraction of sp³-hybridized carbons (Fsp3) is 0.900. The Morgan fingerprint density at radius 1 is 0.837 bits per heavy atom. The quantitative estimate of drug-likeness (QED) is 0.0374. The highest BCUT2D eigenvalue weighted by Crippen LogP contribution is 2.38. The van der Waals surface area contributed by atoms with Gasteiger partial charge in [0.1, 0.15) is 12.2 Å². The van der Waals surface area contributed by atoms with Gasteiger partial charge in [-0.3, -0.25) is 9.59 Å². The minimum atomic E-state index is -1.86. The topological polar surface area (TPSA) is 117 Å². The van der Waals surface area contributed by atoms with Crippen LogP contribution in [0.15, 0.2) is 12.3 Å². The van der Waals surface area contributed by atoms with Gasteiger partial charge in [0.2, 0.25) is 6.29 Å². The van der Waals surface area contributed by atoms with Crippen molar-refractivity contribution in [1.29, 1.82) is 0 Å². The van der Waals surface area contributed by atoms with Gasteiger partial charge >= 0.3 is 5.97 Å². The van der Waals surface area contributed by atoms with Gasteiger partial charge in [-0.1, -0.05) is 144 Å². The summed E-state index contributed by atoms with van der Waals surface area (Å²) >= 11 is 0. The van der Waals surface area contributed by atoms with Crippen molar-refractivity contribution < 1.29 is 33.3 Å². The lowest BCUT2D eigenvalue weighted by molar-refractivity contribution is -0.239. The Bertz CT molecular complexity index is 860. The van der Waals surface area contributed by atoms with Crippen molar-refractivity contribution in [2.45, 2.75) is 213 Å². The largest absolute Gasteiger partial charge is 0.481 e. The average molecular weight is 714 g/mol. The van der Waals surface area contributed by atoms with E-state index in [1.54, 1.807) is 6.26 Å². The first-order valence-electron chi connectivity index (χ1n) is 19.9. The molecule has 1 saturated heterocycles. The van der Waals surface area contributed by atoms with Crippen LogP contribution in [-0.4, -0.2) is 62.9 Å². The molecule has 1 rings (SSSR count). The minimum absolute atomic E-state index is 0.0947. The normalized spacial score (nSPS) is 21.4. The van der Waals surface area contributed by atoms with Crippen LogP contribution >= 0.6 is 0 Å². The number of rotatable bonds is 27. The molecule has 9 heteroatoms. The zero-order valence-corrected chi connectivity index (χ0v) is 34.4. The van der Waals surface area contributed by atoms with E-state index in [0.717, 1.165) is 25.9 Å². The number of hydrogen-bond acceptors (Lipinski definition) is 7. The Morgan fingerprint density at radius 2 is 1.33 bits per heavy atom. The molecule has 0 aromatic heterocycles. The molecule has 0 saturated carbocycles. The lowest BCUT2D eigenvalue weighted by Crippen LogP contribution is -2.60. The van der Waals surface area contributed by atoms with Crippen LogP contribution in [0.25, 0.3) is 0 Å². The molecule has 1 heterocycles. The summed E-state index contributed by atoms with van der Waals surface area (Å²) in [6.07, 6.45) is 24.1. The third-order valence-electron chi connectivity index (χ3n) is 10.1. The van der Waals surface area contributed by atoms with Gasteiger partial charge in [-0.2, -0.15) is 0 Å². The lowest BCUT2D eigenvalue weighted by Gasteiger charge is -2.45. The monoisotopic (exact) mass is 714 g/mol. The Labute approximate surface area is 303 Å². The molecule has 0 aromatic rings. The van der Waals surface area contributed by atoms with E-state index in [1.165, 1.54) is 89.9 Å². The Kier molecular flexibility index (Phi) is 27.6. The van der Waals surface area contributed by atoms with Crippen LogP contribution in [0.3, 0.4) is 0 Å². The summed E-state index contributed by atoms with van der Waals surface area (Å²) in [5.41, 5.74) is 6.54. The summed E-state index contributed by atoms with van der Waals surface area (Å²) in [5.74, 6) is -0.999. The average Bonchev–Trinajstić information content (AvgIpc) is 3.03. The predicted octanol–water partition coefficient (Wildman–Crippen LogP) is 10.7. The number of aliphatic carboxylic acids is 1. The second kappa shape index (κ2) is 28.3. The van der Waals surface area contributed by atoms with Gasteiger partial charge in [0.15, 0.2) is 8.32 Å². The first-order valence-corrected chi connectivity index (χ1v) is 22.8. The van der Waals surface area contributed by atoms with Gasteiger partial charge in [-0.05, 0) is 37.9 Å². The number of carboxylic acid groups (broad SMARTS) is 1. The predicted molar refractivity (Wildman–Crippen MR) is 206 cm³/mol. The number of carboxylic acids is 1. The molecular weight excluding hydrogens is 635 g/mol. The summed E-state index contributed by atoms with van der Waals surface area (Å²) < 4.78 is 24.9. The smallest absolute Gasteiger partial charge is 0.310 e. The molecule has 49 heavy (non-hydrogen) atoms. The number of allylic oxidation sites excluding steroid dienone is 1. The van der Waals surface area contributed by atoms with Crippen molar-refractivity contribution in [1.82, 2.24) is 0 Å². The maximum absolute atomic E-state index is 11.1. The van der Waals surface area contributed by atoms with E-state index in [1.807, 2.05) is 13.0 Å². The van der Waals surface area contributed by atoms with Crippen LogP contribution in [0.5, 0.6) is 0 Å². The first-order chi connectivity index (χ1) is 23.2. The molecule has 0 bridgehead atoms. The molecule has 1 fully saturated rings. The highest BCUT2D eigenvalue weighted by atomic mass is 28.4. The van der Waals surface area contributed by atoms with Crippen molar-refractivity contribution in [3.8, 4) is 0 Å². The fourth-order valence-corrected chi connectivity index (χ4v) is 6.70. The standard InChI is InChI=1S/C26H53NO4Si.C14H26O3/c1-9-11-12-13-14-15-16-17-19-28-24-21(3)22(20-30-32(7,8)26(4,5)6)31-25(23(24)27)29-18-10-2;1-2-3-4-5-6-7-8-9-10-11-13(15)12-14(16)17/h10,18,21-25H,9,11-17,19-20,27H2,1-8H3;2-12H2,1H3,(H,16,17)/b18-10-;/t21?,22-,23-,24+,25+;/m1./s1. The van der Waals surface area contributed by atoms with Crippen molar-refractivity contribution in [3.63, 3.8) is 0 Å². The molecule has 0 amide bonds. The number of unbranched alkanes of at least 4 members (excludes halogenated alkanes) is 15. The van der Waals surface area contributed by atoms with Crippen molar-refractivity contribution in [2.75, 3.05) is 13.2 Å². The molecule has 290 valence electrons. The molecule has 1 unspecified atom stereocenters. The maximum Gasteiger partial charge on any atom is 0.310 e. The van der Waals surface area contributed by atoms with Crippen molar-refractivity contribution in [3.05, 3.63) is 12.3 Å². The van der Waals surface area contributed by atoms with E-state index in [9.17, 15) is 9.59 Å². The van der Waals surface area contributed by atoms with Crippen LogP contribution in [-0.2, 0) is 28.2 Å². The fourth-order valence-electron chi connectivity index (χ4n) is 5.69. The summed E-state index contributed by atoms with van der Waals surface area (Å²) in [7, 11) is -1.86. The summed E-state index contributed by atoms with van der Waals surface area (Å²) in [5, 5.41) is 8.57. The number of nitrogens with two attached hydrogens (primary N) is 1. The summed E-state index contributed by atoms with van der Waals surface area (Å²) in [6.45, 7) is 21.2. The molecule has 0 spiro atoms. The SMILES string of the molecule is C/C=C\O[C@H]1O[C@H](CO[Si](C)(C)C(C)(C)C)C(C)[C@H](OCCCCCCCCCC)[C@H]1N.CCCCCCCCCCCC(=O)CC(=O)O. The van der Waals surface area contributed by atoms with Crippen molar-refractivity contribution >= 4 is 20.1 Å². The highest BCUT2D eigenvalue weighted by molar-refractivity contribution is 6.74. The second-order valence-corrected chi connectivity index (χ2v) is 20.5. The molecule has 1 aliphatic heterocycles. The van der Waals surface area contributed by atoms with Gasteiger partial charge in [0.25, 0.3) is 0 Å². The van der Waals surface area contributed by atoms with Gasteiger partial charge in [0, 0.05) is 18.9 Å². The molecule has 3 N–H and O–H groups in total. The summed E-state index contributed by atoms with van der Waals surface area (Å²) in [6, 6.07) is -0.320.